The van der Waals surface area contributed by atoms with Gasteiger partial charge in [0.05, 0.1) is 11.4 Å². The van der Waals surface area contributed by atoms with Crippen LogP contribution in [0.3, 0.4) is 0 Å². The van der Waals surface area contributed by atoms with E-state index in [1.54, 1.807) is 18.2 Å². The highest BCUT2D eigenvalue weighted by Gasteiger charge is 2.28. The molecule has 29 heavy (non-hydrogen) atoms. The number of aromatic nitrogens is 1. The minimum atomic E-state index is -3.19. The fourth-order valence-electron chi connectivity index (χ4n) is 3.14. The van der Waals surface area contributed by atoms with Gasteiger partial charge >= 0.3 is 6.11 Å². The summed E-state index contributed by atoms with van der Waals surface area (Å²) in [5.74, 6) is 0.481. The molecule has 0 radical (unpaired) electrons. The molecule has 2 aromatic carbocycles. The molecular weight excluding hydrogens is 382 g/mol. The van der Waals surface area contributed by atoms with Crippen LogP contribution < -0.4 is 14.8 Å². The normalized spacial score (nSPS) is 16.8. The van der Waals surface area contributed by atoms with E-state index in [1.807, 2.05) is 12.1 Å². The molecule has 3 aromatic rings. The van der Waals surface area contributed by atoms with E-state index < -0.39 is 12.5 Å². The first-order valence-electron chi connectivity index (χ1n) is 9.42. The molecule has 1 aliphatic heterocycles. The molecule has 0 spiro atoms. The minimum absolute atomic E-state index is 0.0232. The molecule has 1 aromatic heterocycles. The molecular formula is C21H20F2N2O4. The summed E-state index contributed by atoms with van der Waals surface area (Å²) in [6, 6.07) is 11.9. The number of alkyl halides is 2. The highest BCUT2D eigenvalue weighted by molar-refractivity contribution is 5.87. The van der Waals surface area contributed by atoms with Gasteiger partial charge in [0.15, 0.2) is 5.58 Å². The molecule has 0 bridgehead atoms. The number of carbonyl (C=O) groups is 1. The van der Waals surface area contributed by atoms with Crippen LogP contribution >= 0.6 is 0 Å². The lowest BCUT2D eigenvalue weighted by Gasteiger charge is -2.16. The van der Waals surface area contributed by atoms with Crippen molar-refractivity contribution in [1.29, 1.82) is 0 Å². The number of fused-ring (bicyclic) bond motifs is 1. The lowest BCUT2D eigenvalue weighted by molar-refractivity contribution is -0.177. The summed E-state index contributed by atoms with van der Waals surface area (Å²) in [4.78, 5) is 11.3. The van der Waals surface area contributed by atoms with Crippen molar-refractivity contribution in [2.75, 3.05) is 6.61 Å². The Labute approximate surface area is 165 Å². The van der Waals surface area contributed by atoms with Crippen molar-refractivity contribution in [3.8, 4) is 22.8 Å². The molecule has 1 atom stereocenters. The predicted molar refractivity (Wildman–Crippen MR) is 102 cm³/mol. The zero-order chi connectivity index (χ0) is 20.4. The molecule has 6 nitrogen and oxygen atoms in total. The van der Waals surface area contributed by atoms with Crippen LogP contribution in [0.5, 0.6) is 11.6 Å². The zero-order valence-corrected chi connectivity index (χ0v) is 15.8. The van der Waals surface area contributed by atoms with Crippen LogP contribution in [-0.4, -0.2) is 29.8 Å². The van der Waals surface area contributed by atoms with E-state index >= 15 is 0 Å². The van der Waals surface area contributed by atoms with Gasteiger partial charge in [-0.1, -0.05) is 25.1 Å². The maximum absolute atomic E-state index is 13.4. The van der Waals surface area contributed by atoms with E-state index in [2.05, 4.69) is 10.5 Å². The van der Waals surface area contributed by atoms with Crippen LogP contribution in [0.15, 0.2) is 47.0 Å². The molecule has 1 amide bonds. The van der Waals surface area contributed by atoms with E-state index in [1.165, 1.54) is 19.1 Å². The number of hydrogen-bond donors (Lipinski definition) is 1. The molecule has 1 aliphatic rings. The lowest BCUT2D eigenvalue weighted by Crippen LogP contribution is -2.30. The second kappa shape index (κ2) is 7.69. The Morgan fingerprint density at radius 1 is 1.21 bits per heavy atom. The Morgan fingerprint density at radius 3 is 2.66 bits per heavy atom. The van der Waals surface area contributed by atoms with Gasteiger partial charge < -0.3 is 19.3 Å². The standard InChI is InChI=1S/C21H20F2N2O4/c1-2-21(22,23)28-16-7-3-13(4-8-16)14-5-9-18-17(11-14)20(25-29-18)27-12-15-6-10-19(26)24-15/h3-5,7-9,11,15H,2,6,10,12H2,1H3,(H,24,26)/t15-/m0/s1. The monoisotopic (exact) mass is 402 g/mol. The van der Waals surface area contributed by atoms with Crippen molar-refractivity contribution in [3.05, 3.63) is 42.5 Å². The van der Waals surface area contributed by atoms with Crippen LogP contribution in [0.4, 0.5) is 8.78 Å². The number of hydrogen-bond acceptors (Lipinski definition) is 5. The highest BCUT2D eigenvalue weighted by Crippen LogP contribution is 2.32. The van der Waals surface area contributed by atoms with Crippen LogP contribution in [0.2, 0.25) is 0 Å². The van der Waals surface area contributed by atoms with Crippen molar-refractivity contribution in [2.45, 2.75) is 38.3 Å². The van der Waals surface area contributed by atoms with E-state index in [0.29, 0.717) is 29.9 Å². The Kier molecular flexibility index (Phi) is 5.08. The molecule has 1 saturated heterocycles. The number of halogens is 2. The van der Waals surface area contributed by atoms with E-state index in [-0.39, 0.29) is 17.7 Å². The first kappa shape index (κ1) is 19.2. The van der Waals surface area contributed by atoms with Gasteiger partial charge in [-0.15, -0.1) is 0 Å². The smallest absolute Gasteiger partial charge is 0.397 e. The number of nitrogens with one attached hydrogen (secondary N) is 1. The maximum Gasteiger partial charge on any atom is 0.397 e. The Hall–Kier alpha value is -3.16. The van der Waals surface area contributed by atoms with E-state index in [4.69, 9.17) is 14.0 Å². The van der Waals surface area contributed by atoms with Crippen LogP contribution in [0.1, 0.15) is 26.2 Å². The first-order valence-corrected chi connectivity index (χ1v) is 9.42. The van der Waals surface area contributed by atoms with Gasteiger partial charge in [-0.3, -0.25) is 4.79 Å². The van der Waals surface area contributed by atoms with Crippen LogP contribution in [0.25, 0.3) is 22.1 Å². The summed E-state index contributed by atoms with van der Waals surface area (Å²) in [6.45, 7) is 1.68. The third kappa shape index (κ3) is 4.31. The van der Waals surface area contributed by atoms with Gasteiger partial charge in [-0.25, -0.2) is 0 Å². The van der Waals surface area contributed by atoms with Crippen molar-refractivity contribution in [1.82, 2.24) is 10.5 Å². The second-order valence-corrected chi connectivity index (χ2v) is 6.93. The van der Waals surface area contributed by atoms with Gasteiger partial charge in [0.1, 0.15) is 12.4 Å². The fourth-order valence-corrected chi connectivity index (χ4v) is 3.14. The number of amides is 1. The quantitative estimate of drug-likeness (QED) is 0.628. The maximum atomic E-state index is 13.4. The topological polar surface area (TPSA) is 73.6 Å². The Bertz CT molecular complexity index is 1020. The fraction of sp³-hybridized carbons (Fsp3) is 0.333. The molecule has 2 heterocycles. The third-order valence-electron chi connectivity index (χ3n) is 4.81. The van der Waals surface area contributed by atoms with Gasteiger partial charge in [0, 0.05) is 12.8 Å². The van der Waals surface area contributed by atoms with Crippen LogP contribution in [-0.2, 0) is 4.79 Å². The third-order valence-corrected chi connectivity index (χ3v) is 4.81. The molecule has 0 aliphatic carbocycles. The van der Waals surface area contributed by atoms with Gasteiger partial charge in [-0.05, 0) is 47.0 Å². The van der Waals surface area contributed by atoms with Gasteiger partial charge in [0.2, 0.25) is 5.91 Å². The summed E-state index contributed by atoms with van der Waals surface area (Å²) in [5, 5.41) is 7.50. The van der Waals surface area contributed by atoms with Crippen molar-refractivity contribution < 1.29 is 27.6 Å². The van der Waals surface area contributed by atoms with Crippen molar-refractivity contribution in [2.24, 2.45) is 0 Å². The predicted octanol–water partition coefficient (Wildman–Crippen LogP) is 4.53. The highest BCUT2D eigenvalue weighted by atomic mass is 19.3. The van der Waals surface area contributed by atoms with Gasteiger partial charge in [0.25, 0.3) is 5.88 Å². The summed E-state index contributed by atoms with van der Waals surface area (Å²) in [5.41, 5.74) is 2.25. The van der Waals surface area contributed by atoms with E-state index in [0.717, 1.165) is 17.5 Å². The SMILES string of the molecule is CCC(F)(F)Oc1ccc(-c2ccc3onc(OC[C@@H]4CCC(=O)N4)c3c2)cc1. The van der Waals surface area contributed by atoms with Crippen molar-refractivity contribution in [3.63, 3.8) is 0 Å². The van der Waals surface area contributed by atoms with Crippen LogP contribution in [0, 0.1) is 0 Å². The zero-order valence-electron chi connectivity index (χ0n) is 15.8. The molecule has 152 valence electrons. The number of ether oxygens (including phenoxy) is 2. The minimum Gasteiger partial charge on any atom is -0.473 e. The first-order chi connectivity index (χ1) is 13.9. The number of nitrogens with zero attached hydrogens (tertiary/aromatic N) is 1. The van der Waals surface area contributed by atoms with Gasteiger partial charge in [-0.2, -0.15) is 8.78 Å². The van der Waals surface area contributed by atoms with Crippen molar-refractivity contribution >= 4 is 16.9 Å². The Morgan fingerprint density at radius 2 is 1.97 bits per heavy atom. The summed E-state index contributed by atoms with van der Waals surface area (Å²) in [6.07, 6.45) is -2.35. The number of rotatable bonds is 7. The number of carbonyl (C=O) groups excluding carboxylic acids is 1. The number of benzene rings is 2. The van der Waals surface area contributed by atoms with E-state index in [9.17, 15) is 13.6 Å². The largest absolute Gasteiger partial charge is 0.473 e. The molecule has 1 N–H and O–H groups in total. The molecule has 1 fully saturated rings. The summed E-state index contributed by atoms with van der Waals surface area (Å²) < 4.78 is 42.5. The molecule has 4 rings (SSSR count). The summed E-state index contributed by atoms with van der Waals surface area (Å²) >= 11 is 0. The Balaban J connectivity index is 1.51. The molecule has 8 heteroatoms. The molecule has 0 saturated carbocycles. The summed E-state index contributed by atoms with van der Waals surface area (Å²) in [7, 11) is 0. The average Bonchev–Trinajstić information content (AvgIpc) is 3.32. The molecule has 0 unspecified atom stereocenters. The lowest BCUT2D eigenvalue weighted by atomic mass is 10.0. The second-order valence-electron chi connectivity index (χ2n) is 6.93. The average molecular weight is 402 g/mol.